The second-order valence-electron chi connectivity index (χ2n) is 5.73. The van der Waals surface area contributed by atoms with E-state index >= 15 is 0 Å². The van der Waals surface area contributed by atoms with E-state index in [0.29, 0.717) is 0 Å². The van der Waals surface area contributed by atoms with Crippen LogP contribution in [0.3, 0.4) is 0 Å². The molecule has 1 saturated heterocycles. The van der Waals surface area contributed by atoms with Gasteiger partial charge in [-0.1, -0.05) is 61.5 Å². The molecule has 1 heterocycles. The van der Waals surface area contributed by atoms with Crippen LogP contribution in [0, 0.1) is 0 Å². The van der Waals surface area contributed by atoms with Crippen molar-refractivity contribution in [3.05, 3.63) is 60.2 Å². The highest BCUT2D eigenvalue weighted by atomic mass is 15.3. The molecule has 2 aromatic rings. The lowest BCUT2D eigenvalue weighted by Gasteiger charge is -2.34. The summed E-state index contributed by atoms with van der Waals surface area (Å²) < 4.78 is 0. The molecule has 0 N–H and O–H groups in total. The molecule has 0 bridgehead atoms. The van der Waals surface area contributed by atoms with Gasteiger partial charge in [0.1, 0.15) is 0 Å². The first kappa shape index (κ1) is 14.3. The molecule has 2 aromatic carbocycles. The summed E-state index contributed by atoms with van der Waals surface area (Å²) in [5, 5.41) is 0. The van der Waals surface area contributed by atoms with Crippen molar-refractivity contribution in [1.29, 1.82) is 0 Å². The molecule has 0 aliphatic carbocycles. The molecule has 0 unspecified atom stereocenters. The van der Waals surface area contributed by atoms with E-state index in [9.17, 15) is 0 Å². The van der Waals surface area contributed by atoms with Crippen LogP contribution in [0.5, 0.6) is 0 Å². The molecule has 110 valence electrons. The zero-order valence-corrected chi connectivity index (χ0v) is 12.8. The van der Waals surface area contributed by atoms with Crippen molar-refractivity contribution in [2.45, 2.75) is 13.5 Å². The fourth-order valence-corrected chi connectivity index (χ4v) is 3.06. The van der Waals surface area contributed by atoms with Gasteiger partial charge in [0.2, 0.25) is 0 Å². The lowest BCUT2D eigenvalue weighted by Crippen LogP contribution is -2.45. The molecular formula is C19H24N2. The lowest BCUT2D eigenvalue weighted by atomic mass is 9.99. The molecule has 0 spiro atoms. The van der Waals surface area contributed by atoms with Crippen molar-refractivity contribution in [2.75, 3.05) is 32.7 Å². The topological polar surface area (TPSA) is 6.48 Å². The van der Waals surface area contributed by atoms with Gasteiger partial charge in [0, 0.05) is 32.7 Å². The van der Waals surface area contributed by atoms with Crippen molar-refractivity contribution < 1.29 is 0 Å². The van der Waals surface area contributed by atoms with E-state index in [4.69, 9.17) is 0 Å². The number of hydrogen-bond acceptors (Lipinski definition) is 2. The van der Waals surface area contributed by atoms with Gasteiger partial charge < -0.3 is 4.90 Å². The van der Waals surface area contributed by atoms with Gasteiger partial charge in [0.05, 0.1) is 0 Å². The third kappa shape index (κ3) is 3.52. The number of piperazine rings is 1. The van der Waals surface area contributed by atoms with Crippen LogP contribution in [0.1, 0.15) is 12.5 Å². The van der Waals surface area contributed by atoms with Gasteiger partial charge in [-0.2, -0.15) is 0 Å². The van der Waals surface area contributed by atoms with Crippen molar-refractivity contribution in [3.8, 4) is 11.1 Å². The first-order chi connectivity index (χ1) is 10.4. The molecule has 2 heteroatoms. The van der Waals surface area contributed by atoms with Crippen molar-refractivity contribution in [1.82, 2.24) is 9.80 Å². The first-order valence-corrected chi connectivity index (χ1v) is 7.95. The fraction of sp³-hybridized carbons (Fsp3) is 0.368. The standard InChI is InChI=1S/C19H24N2/c1-2-20-12-14-21(15-13-20)16-18-10-6-7-11-19(18)17-8-4-3-5-9-17/h3-11H,2,12-16H2,1H3. The maximum Gasteiger partial charge on any atom is 0.0240 e. The first-order valence-electron chi connectivity index (χ1n) is 7.95. The predicted octanol–water partition coefficient (Wildman–Crippen LogP) is 3.49. The zero-order valence-electron chi connectivity index (χ0n) is 12.8. The van der Waals surface area contributed by atoms with Gasteiger partial charge in [0.25, 0.3) is 0 Å². The zero-order chi connectivity index (χ0) is 14.5. The summed E-state index contributed by atoms with van der Waals surface area (Å²) >= 11 is 0. The second-order valence-corrected chi connectivity index (χ2v) is 5.73. The Kier molecular flexibility index (Phi) is 4.69. The van der Waals surface area contributed by atoms with Gasteiger partial charge in [0.15, 0.2) is 0 Å². The van der Waals surface area contributed by atoms with Crippen LogP contribution < -0.4 is 0 Å². The highest BCUT2D eigenvalue weighted by Gasteiger charge is 2.16. The Morgan fingerprint density at radius 3 is 2.10 bits per heavy atom. The van der Waals surface area contributed by atoms with Crippen LogP contribution in [0.15, 0.2) is 54.6 Å². The molecule has 0 saturated carbocycles. The highest BCUT2D eigenvalue weighted by Crippen LogP contribution is 2.24. The van der Waals surface area contributed by atoms with Crippen molar-refractivity contribution >= 4 is 0 Å². The number of hydrogen-bond donors (Lipinski definition) is 0. The quantitative estimate of drug-likeness (QED) is 0.846. The molecule has 3 rings (SSSR count). The maximum atomic E-state index is 2.58. The number of likely N-dealkylation sites (N-methyl/N-ethyl adjacent to an activating group) is 1. The number of benzene rings is 2. The second kappa shape index (κ2) is 6.88. The monoisotopic (exact) mass is 280 g/mol. The summed E-state index contributed by atoms with van der Waals surface area (Å²) in [6, 6.07) is 19.5. The van der Waals surface area contributed by atoms with Gasteiger partial charge in [-0.15, -0.1) is 0 Å². The molecule has 1 aliphatic rings. The van der Waals surface area contributed by atoms with E-state index in [1.807, 2.05) is 0 Å². The Morgan fingerprint density at radius 2 is 1.38 bits per heavy atom. The average Bonchev–Trinajstić information content (AvgIpc) is 2.57. The van der Waals surface area contributed by atoms with Gasteiger partial charge in [-0.3, -0.25) is 4.90 Å². The molecule has 0 atom stereocenters. The maximum absolute atomic E-state index is 2.58. The highest BCUT2D eigenvalue weighted by molar-refractivity contribution is 5.67. The van der Waals surface area contributed by atoms with E-state index in [1.54, 1.807) is 0 Å². The average molecular weight is 280 g/mol. The smallest absolute Gasteiger partial charge is 0.0240 e. The van der Waals surface area contributed by atoms with Crippen molar-refractivity contribution in [2.24, 2.45) is 0 Å². The van der Waals surface area contributed by atoms with Crippen LogP contribution in [0.4, 0.5) is 0 Å². The van der Waals surface area contributed by atoms with Crippen LogP contribution in [0.25, 0.3) is 11.1 Å². The number of nitrogens with zero attached hydrogens (tertiary/aromatic N) is 2. The van der Waals surface area contributed by atoms with E-state index in [1.165, 1.54) is 49.4 Å². The summed E-state index contributed by atoms with van der Waals surface area (Å²) in [4.78, 5) is 5.10. The summed E-state index contributed by atoms with van der Waals surface area (Å²) in [6.45, 7) is 9.24. The normalized spacial score (nSPS) is 17.0. The minimum absolute atomic E-state index is 1.06. The Morgan fingerprint density at radius 1 is 0.762 bits per heavy atom. The van der Waals surface area contributed by atoms with Crippen LogP contribution in [-0.4, -0.2) is 42.5 Å². The molecule has 0 aromatic heterocycles. The molecule has 0 amide bonds. The molecule has 0 radical (unpaired) electrons. The van der Waals surface area contributed by atoms with Gasteiger partial charge in [-0.05, 0) is 23.2 Å². The van der Waals surface area contributed by atoms with E-state index < -0.39 is 0 Å². The SMILES string of the molecule is CCN1CCN(Cc2ccccc2-c2ccccc2)CC1. The molecular weight excluding hydrogens is 256 g/mol. The minimum atomic E-state index is 1.06. The van der Waals surface area contributed by atoms with Gasteiger partial charge >= 0.3 is 0 Å². The van der Waals surface area contributed by atoms with Crippen LogP contribution in [0.2, 0.25) is 0 Å². The largest absolute Gasteiger partial charge is 0.301 e. The third-order valence-electron chi connectivity index (χ3n) is 4.41. The van der Waals surface area contributed by atoms with Crippen LogP contribution >= 0.6 is 0 Å². The Labute approximate surface area is 128 Å². The minimum Gasteiger partial charge on any atom is -0.301 e. The van der Waals surface area contributed by atoms with Crippen LogP contribution in [-0.2, 0) is 6.54 Å². The summed E-state index contributed by atoms with van der Waals surface area (Å²) in [7, 11) is 0. The summed E-state index contributed by atoms with van der Waals surface area (Å²) in [5.74, 6) is 0. The van der Waals surface area contributed by atoms with E-state index in [-0.39, 0.29) is 0 Å². The summed E-state index contributed by atoms with van der Waals surface area (Å²) in [5.41, 5.74) is 4.13. The molecule has 2 nitrogen and oxygen atoms in total. The lowest BCUT2D eigenvalue weighted by molar-refractivity contribution is 0.132. The molecule has 1 aliphatic heterocycles. The molecule has 21 heavy (non-hydrogen) atoms. The Bertz CT molecular complexity index is 557. The Balaban J connectivity index is 1.75. The summed E-state index contributed by atoms with van der Waals surface area (Å²) in [6.07, 6.45) is 0. The van der Waals surface area contributed by atoms with E-state index in [0.717, 1.165) is 6.54 Å². The predicted molar refractivity (Wildman–Crippen MR) is 89.3 cm³/mol. The molecule has 1 fully saturated rings. The van der Waals surface area contributed by atoms with Gasteiger partial charge in [-0.25, -0.2) is 0 Å². The third-order valence-corrected chi connectivity index (χ3v) is 4.41. The Hall–Kier alpha value is -1.64. The van der Waals surface area contributed by atoms with Crippen molar-refractivity contribution in [3.63, 3.8) is 0 Å². The number of rotatable bonds is 4. The fourth-order valence-electron chi connectivity index (χ4n) is 3.06. The van der Waals surface area contributed by atoms with E-state index in [2.05, 4.69) is 71.3 Å².